The first-order valence-corrected chi connectivity index (χ1v) is 7.75. The fourth-order valence-electron chi connectivity index (χ4n) is 2.36. The van der Waals surface area contributed by atoms with Gasteiger partial charge in [-0.25, -0.2) is 0 Å². The maximum absolute atomic E-state index is 4.52. The highest BCUT2D eigenvalue weighted by Crippen LogP contribution is 2.11. The molecule has 21 heavy (non-hydrogen) atoms. The van der Waals surface area contributed by atoms with E-state index in [2.05, 4.69) is 54.0 Å². The summed E-state index contributed by atoms with van der Waals surface area (Å²) >= 11 is 0. The summed E-state index contributed by atoms with van der Waals surface area (Å²) in [6, 6.07) is 2.16. The highest BCUT2D eigenvalue weighted by molar-refractivity contribution is 5.18. The number of nitrogens with zero attached hydrogens (tertiary/aromatic N) is 4. The summed E-state index contributed by atoms with van der Waals surface area (Å²) in [6.45, 7) is 11.4. The summed E-state index contributed by atoms with van der Waals surface area (Å²) in [6.07, 6.45) is 2.94. The van der Waals surface area contributed by atoms with E-state index in [0.29, 0.717) is 5.92 Å². The van der Waals surface area contributed by atoms with Crippen LogP contribution in [0.15, 0.2) is 12.3 Å². The van der Waals surface area contributed by atoms with Gasteiger partial charge >= 0.3 is 0 Å². The number of nitrogens with one attached hydrogen (secondary N) is 1. The van der Waals surface area contributed by atoms with Crippen LogP contribution in [0.2, 0.25) is 0 Å². The molecule has 0 bridgehead atoms. The van der Waals surface area contributed by atoms with Crippen LogP contribution in [0.3, 0.4) is 0 Å². The average Bonchev–Trinajstić information content (AvgIpc) is 2.96. The molecule has 2 aromatic rings. The van der Waals surface area contributed by atoms with Crippen LogP contribution < -0.4 is 5.32 Å². The zero-order valence-corrected chi connectivity index (χ0v) is 13.8. The lowest BCUT2D eigenvalue weighted by atomic mass is 10.2. The van der Waals surface area contributed by atoms with E-state index in [4.69, 9.17) is 0 Å². The monoisotopic (exact) mass is 289 g/mol. The van der Waals surface area contributed by atoms with Gasteiger partial charge in [0.15, 0.2) is 0 Å². The van der Waals surface area contributed by atoms with Gasteiger partial charge < -0.3 is 5.32 Å². The van der Waals surface area contributed by atoms with E-state index in [1.165, 1.54) is 17.0 Å². The Kier molecular flexibility index (Phi) is 5.17. The molecule has 0 unspecified atom stereocenters. The molecule has 0 fully saturated rings. The van der Waals surface area contributed by atoms with Gasteiger partial charge in [0.1, 0.15) is 0 Å². The first-order chi connectivity index (χ1) is 10.0. The van der Waals surface area contributed by atoms with Crippen LogP contribution in [-0.4, -0.2) is 26.1 Å². The molecule has 116 valence electrons. The summed E-state index contributed by atoms with van der Waals surface area (Å²) in [5, 5.41) is 12.5. The molecule has 2 aromatic heterocycles. The molecule has 0 saturated carbocycles. The Labute approximate surface area is 127 Å². The quantitative estimate of drug-likeness (QED) is 0.850. The van der Waals surface area contributed by atoms with Crippen molar-refractivity contribution in [3.05, 3.63) is 34.9 Å². The van der Waals surface area contributed by atoms with Gasteiger partial charge in [-0.1, -0.05) is 20.8 Å². The van der Waals surface area contributed by atoms with Crippen molar-refractivity contribution in [2.45, 2.75) is 47.2 Å². The number of hydrogen-bond donors (Lipinski definition) is 1. The molecule has 0 aliphatic heterocycles. The van der Waals surface area contributed by atoms with Crippen LogP contribution in [0.1, 0.15) is 43.4 Å². The first kappa shape index (κ1) is 15.8. The molecule has 0 saturated heterocycles. The Bertz CT molecular complexity index is 580. The number of hydrogen-bond acceptors (Lipinski definition) is 3. The van der Waals surface area contributed by atoms with E-state index in [1.54, 1.807) is 0 Å². The fraction of sp³-hybridized carbons (Fsp3) is 0.625. The summed E-state index contributed by atoms with van der Waals surface area (Å²) in [5.41, 5.74) is 4.83. The number of rotatable bonds is 7. The Hall–Kier alpha value is -1.62. The van der Waals surface area contributed by atoms with Crippen molar-refractivity contribution in [1.82, 2.24) is 24.9 Å². The Morgan fingerprint density at radius 2 is 2.10 bits per heavy atom. The van der Waals surface area contributed by atoms with Crippen molar-refractivity contribution in [2.75, 3.05) is 6.54 Å². The molecule has 5 nitrogen and oxygen atoms in total. The van der Waals surface area contributed by atoms with Crippen LogP contribution in [0.25, 0.3) is 0 Å². The lowest BCUT2D eigenvalue weighted by molar-refractivity contribution is 0.550. The van der Waals surface area contributed by atoms with Crippen molar-refractivity contribution >= 4 is 0 Å². The van der Waals surface area contributed by atoms with Gasteiger partial charge in [0.05, 0.1) is 24.1 Å². The molecule has 0 radical (unpaired) electrons. The smallest absolute Gasteiger partial charge is 0.0831 e. The molecule has 0 aliphatic rings. The van der Waals surface area contributed by atoms with Crippen molar-refractivity contribution in [2.24, 2.45) is 13.0 Å². The van der Waals surface area contributed by atoms with E-state index in [9.17, 15) is 0 Å². The molecular weight excluding hydrogens is 262 g/mol. The molecular formula is C16H27N5. The summed E-state index contributed by atoms with van der Waals surface area (Å²) in [5.74, 6) is 0.669. The molecule has 0 aromatic carbocycles. The van der Waals surface area contributed by atoms with Crippen LogP contribution in [-0.2, 0) is 26.6 Å². The van der Waals surface area contributed by atoms with Gasteiger partial charge in [-0.15, -0.1) is 0 Å². The average molecular weight is 289 g/mol. The fourth-order valence-corrected chi connectivity index (χ4v) is 2.36. The number of aromatic nitrogens is 4. The topological polar surface area (TPSA) is 47.7 Å². The summed E-state index contributed by atoms with van der Waals surface area (Å²) < 4.78 is 4.01. The minimum atomic E-state index is 0.669. The maximum Gasteiger partial charge on any atom is 0.0831 e. The lowest BCUT2D eigenvalue weighted by Gasteiger charge is -2.08. The van der Waals surface area contributed by atoms with Gasteiger partial charge in [-0.2, -0.15) is 10.2 Å². The Morgan fingerprint density at radius 1 is 1.33 bits per heavy atom. The summed E-state index contributed by atoms with van der Waals surface area (Å²) in [4.78, 5) is 0. The molecule has 2 rings (SSSR count). The van der Waals surface area contributed by atoms with Crippen molar-refractivity contribution in [1.29, 1.82) is 0 Å². The minimum Gasteiger partial charge on any atom is -0.312 e. The van der Waals surface area contributed by atoms with E-state index in [1.807, 2.05) is 17.9 Å². The van der Waals surface area contributed by atoms with Crippen molar-refractivity contribution in [3.63, 3.8) is 0 Å². The van der Waals surface area contributed by atoms with Gasteiger partial charge in [0.25, 0.3) is 0 Å². The van der Waals surface area contributed by atoms with Gasteiger partial charge in [-0.05, 0) is 31.9 Å². The third kappa shape index (κ3) is 3.94. The molecule has 0 amide bonds. The molecule has 1 N–H and O–H groups in total. The highest BCUT2D eigenvalue weighted by Gasteiger charge is 2.10. The highest BCUT2D eigenvalue weighted by atomic mass is 15.3. The number of aryl methyl sites for hydroxylation is 2. The normalized spacial score (nSPS) is 11.5. The van der Waals surface area contributed by atoms with Crippen molar-refractivity contribution < 1.29 is 0 Å². The standard InChI is InChI=1S/C16H27N5/c1-6-15-7-16(20(5)19-15)11-21-13(4)14(10-18-21)9-17-8-12(2)3/h7,10,12,17H,6,8-9,11H2,1-5H3. The van der Waals surface area contributed by atoms with E-state index >= 15 is 0 Å². The SMILES string of the molecule is CCc1cc(Cn2ncc(CNCC(C)C)c2C)n(C)n1. The van der Waals surface area contributed by atoms with E-state index in [-0.39, 0.29) is 0 Å². The van der Waals surface area contributed by atoms with Crippen LogP contribution in [0.4, 0.5) is 0 Å². The van der Waals surface area contributed by atoms with E-state index in [0.717, 1.165) is 31.7 Å². The van der Waals surface area contributed by atoms with Gasteiger partial charge in [-0.3, -0.25) is 9.36 Å². The third-order valence-corrected chi connectivity index (χ3v) is 3.77. The second-order valence-electron chi connectivity index (χ2n) is 6.04. The third-order valence-electron chi connectivity index (χ3n) is 3.77. The molecule has 2 heterocycles. The zero-order valence-electron chi connectivity index (χ0n) is 13.8. The maximum atomic E-state index is 4.52. The Balaban J connectivity index is 2.04. The zero-order chi connectivity index (χ0) is 15.4. The molecule has 0 atom stereocenters. The van der Waals surface area contributed by atoms with Gasteiger partial charge in [0.2, 0.25) is 0 Å². The minimum absolute atomic E-state index is 0.669. The lowest BCUT2D eigenvalue weighted by Crippen LogP contribution is -2.19. The largest absolute Gasteiger partial charge is 0.312 e. The van der Waals surface area contributed by atoms with Crippen molar-refractivity contribution in [3.8, 4) is 0 Å². The molecule has 0 aliphatic carbocycles. The summed E-state index contributed by atoms with van der Waals surface area (Å²) in [7, 11) is 2.00. The molecule has 0 spiro atoms. The van der Waals surface area contributed by atoms with Crippen LogP contribution in [0, 0.1) is 12.8 Å². The van der Waals surface area contributed by atoms with E-state index < -0.39 is 0 Å². The molecule has 5 heteroatoms. The predicted octanol–water partition coefficient (Wildman–Crippen LogP) is 2.28. The Morgan fingerprint density at radius 3 is 2.71 bits per heavy atom. The van der Waals surface area contributed by atoms with Crippen LogP contribution in [0.5, 0.6) is 0 Å². The first-order valence-electron chi connectivity index (χ1n) is 7.75. The predicted molar refractivity (Wildman–Crippen MR) is 85.2 cm³/mol. The van der Waals surface area contributed by atoms with Crippen LogP contribution >= 0.6 is 0 Å². The second kappa shape index (κ2) is 6.89. The second-order valence-corrected chi connectivity index (χ2v) is 6.04. The van der Waals surface area contributed by atoms with Gasteiger partial charge in [0, 0.05) is 24.8 Å².